The number of rotatable bonds is 5. The third kappa shape index (κ3) is 4.24. The lowest BCUT2D eigenvalue weighted by Gasteiger charge is -2.19. The molecule has 0 saturated heterocycles. The predicted molar refractivity (Wildman–Crippen MR) is 68.2 cm³/mol. The maximum atomic E-state index is 11.5. The topological polar surface area (TPSA) is 55.6 Å². The molecule has 0 heterocycles. The van der Waals surface area contributed by atoms with Gasteiger partial charge >= 0.3 is 0 Å². The molecule has 0 saturated carbocycles. The Bertz CT molecular complexity index is 383. The van der Waals surface area contributed by atoms with E-state index in [-0.39, 0.29) is 5.91 Å². The van der Waals surface area contributed by atoms with Crippen molar-refractivity contribution in [2.24, 2.45) is 5.73 Å². The molecule has 0 spiro atoms. The highest BCUT2D eigenvalue weighted by atomic mass is 35.5. The van der Waals surface area contributed by atoms with Crippen LogP contribution in [0.15, 0.2) is 24.3 Å². The number of carbonyl (C=O) groups excluding carboxylic acids is 1. The minimum atomic E-state index is -0.486. The number of halogens is 1. The van der Waals surface area contributed by atoms with Crippen LogP contribution in [0.5, 0.6) is 5.75 Å². The molecule has 4 nitrogen and oxygen atoms in total. The van der Waals surface area contributed by atoms with Crippen LogP contribution < -0.4 is 10.5 Å². The zero-order valence-corrected chi connectivity index (χ0v) is 10.8. The lowest BCUT2D eigenvalue weighted by atomic mass is 10.3. The molecule has 0 radical (unpaired) electrons. The van der Waals surface area contributed by atoms with Crippen molar-refractivity contribution < 1.29 is 9.53 Å². The Labute approximate surface area is 106 Å². The standard InChI is InChI=1S/C12H17ClN2O2/c1-9(14)12(16)15(2)7-8-17-11-6-4-3-5-10(11)13/h3-6,9H,7-8,14H2,1-2H3. The molecule has 2 N–H and O–H groups in total. The lowest BCUT2D eigenvalue weighted by Crippen LogP contribution is -2.41. The predicted octanol–water partition coefficient (Wildman–Crippen LogP) is 1.52. The number of carbonyl (C=O) groups is 1. The Balaban J connectivity index is 2.38. The van der Waals surface area contributed by atoms with Gasteiger partial charge in [-0.2, -0.15) is 0 Å². The second-order valence-corrected chi connectivity index (χ2v) is 4.23. The van der Waals surface area contributed by atoms with Gasteiger partial charge in [-0.25, -0.2) is 0 Å². The number of para-hydroxylation sites is 1. The monoisotopic (exact) mass is 256 g/mol. The molecule has 0 bridgehead atoms. The first-order valence-corrected chi connectivity index (χ1v) is 5.78. The summed E-state index contributed by atoms with van der Waals surface area (Å²) in [5.41, 5.74) is 5.49. The van der Waals surface area contributed by atoms with Gasteiger partial charge in [-0.05, 0) is 19.1 Å². The Hall–Kier alpha value is -1.26. The summed E-state index contributed by atoms with van der Waals surface area (Å²) in [6, 6.07) is 6.74. The van der Waals surface area contributed by atoms with E-state index in [4.69, 9.17) is 22.1 Å². The average molecular weight is 257 g/mol. The van der Waals surface area contributed by atoms with Crippen LogP contribution in [-0.4, -0.2) is 37.0 Å². The summed E-state index contributed by atoms with van der Waals surface area (Å²) in [5.74, 6) is 0.517. The summed E-state index contributed by atoms with van der Waals surface area (Å²) >= 11 is 5.93. The molecular weight excluding hydrogens is 240 g/mol. The molecule has 0 aliphatic carbocycles. The van der Waals surface area contributed by atoms with Crippen molar-refractivity contribution in [3.63, 3.8) is 0 Å². The van der Waals surface area contributed by atoms with Gasteiger partial charge in [-0.15, -0.1) is 0 Å². The fraction of sp³-hybridized carbons (Fsp3) is 0.417. The molecule has 17 heavy (non-hydrogen) atoms. The lowest BCUT2D eigenvalue weighted by molar-refractivity contribution is -0.131. The second-order valence-electron chi connectivity index (χ2n) is 3.83. The van der Waals surface area contributed by atoms with Gasteiger partial charge in [-0.1, -0.05) is 23.7 Å². The van der Waals surface area contributed by atoms with E-state index in [9.17, 15) is 4.79 Å². The number of nitrogens with zero attached hydrogens (tertiary/aromatic N) is 1. The van der Waals surface area contributed by atoms with Crippen LogP contribution in [0.4, 0.5) is 0 Å². The normalized spacial score (nSPS) is 12.0. The van der Waals surface area contributed by atoms with Gasteiger partial charge < -0.3 is 15.4 Å². The van der Waals surface area contributed by atoms with Crippen molar-refractivity contribution >= 4 is 17.5 Å². The van der Waals surface area contributed by atoms with Crippen molar-refractivity contribution in [3.8, 4) is 5.75 Å². The summed E-state index contributed by atoms with van der Waals surface area (Å²) in [6.45, 7) is 2.53. The quantitative estimate of drug-likeness (QED) is 0.869. The first-order valence-electron chi connectivity index (χ1n) is 5.40. The molecule has 0 aliphatic rings. The van der Waals surface area contributed by atoms with E-state index in [2.05, 4.69) is 0 Å². The molecule has 1 atom stereocenters. The SMILES string of the molecule is CC(N)C(=O)N(C)CCOc1ccccc1Cl. The number of benzene rings is 1. The van der Waals surface area contributed by atoms with Crippen LogP contribution in [0.25, 0.3) is 0 Å². The van der Waals surface area contributed by atoms with Gasteiger partial charge in [0, 0.05) is 7.05 Å². The molecular formula is C12H17ClN2O2. The molecule has 5 heteroatoms. The minimum absolute atomic E-state index is 0.104. The summed E-state index contributed by atoms with van der Waals surface area (Å²) < 4.78 is 5.47. The molecule has 1 aromatic rings. The third-order valence-corrected chi connectivity index (χ3v) is 2.60. The highest BCUT2D eigenvalue weighted by Crippen LogP contribution is 2.22. The zero-order chi connectivity index (χ0) is 12.8. The minimum Gasteiger partial charge on any atom is -0.490 e. The molecule has 1 amide bonds. The van der Waals surface area contributed by atoms with Crippen molar-refractivity contribution in [2.75, 3.05) is 20.2 Å². The molecule has 0 fully saturated rings. The number of amides is 1. The van der Waals surface area contributed by atoms with Crippen molar-refractivity contribution in [1.29, 1.82) is 0 Å². The third-order valence-electron chi connectivity index (χ3n) is 2.29. The van der Waals surface area contributed by atoms with E-state index in [1.165, 1.54) is 0 Å². The average Bonchev–Trinajstić information content (AvgIpc) is 2.30. The Kier molecular flexibility index (Phi) is 5.25. The smallest absolute Gasteiger partial charge is 0.239 e. The maximum absolute atomic E-state index is 11.5. The second kappa shape index (κ2) is 6.47. The van der Waals surface area contributed by atoms with Crippen molar-refractivity contribution in [2.45, 2.75) is 13.0 Å². The molecule has 0 aliphatic heterocycles. The highest BCUT2D eigenvalue weighted by molar-refractivity contribution is 6.32. The maximum Gasteiger partial charge on any atom is 0.239 e. The van der Waals surface area contributed by atoms with Crippen LogP contribution in [0, 0.1) is 0 Å². The van der Waals surface area contributed by atoms with Crippen LogP contribution in [0.2, 0.25) is 5.02 Å². The van der Waals surface area contributed by atoms with Crippen LogP contribution in [0.3, 0.4) is 0 Å². The van der Waals surface area contributed by atoms with Crippen molar-refractivity contribution in [3.05, 3.63) is 29.3 Å². The zero-order valence-electron chi connectivity index (χ0n) is 10.0. The fourth-order valence-corrected chi connectivity index (χ4v) is 1.50. The first-order chi connectivity index (χ1) is 8.02. The summed E-state index contributed by atoms with van der Waals surface area (Å²) in [4.78, 5) is 13.0. The van der Waals surface area contributed by atoms with Gasteiger partial charge in [0.05, 0.1) is 17.6 Å². The number of nitrogens with two attached hydrogens (primary N) is 1. The number of hydrogen-bond acceptors (Lipinski definition) is 3. The van der Waals surface area contributed by atoms with Crippen molar-refractivity contribution in [1.82, 2.24) is 4.90 Å². The van der Waals surface area contributed by atoms with Gasteiger partial charge in [0.1, 0.15) is 12.4 Å². The van der Waals surface area contributed by atoms with E-state index in [1.54, 1.807) is 31.0 Å². The Morgan fingerprint density at radius 3 is 2.76 bits per heavy atom. The summed E-state index contributed by atoms with van der Waals surface area (Å²) in [7, 11) is 1.70. The molecule has 1 rings (SSSR count). The molecule has 1 aromatic carbocycles. The van der Waals surface area contributed by atoms with E-state index in [1.807, 2.05) is 12.1 Å². The van der Waals surface area contributed by atoms with E-state index >= 15 is 0 Å². The van der Waals surface area contributed by atoms with E-state index in [0.29, 0.717) is 23.9 Å². The van der Waals surface area contributed by atoms with Crippen LogP contribution in [0.1, 0.15) is 6.92 Å². The first kappa shape index (κ1) is 13.8. The van der Waals surface area contributed by atoms with E-state index in [0.717, 1.165) is 0 Å². The largest absolute Gasteiger partial charge is 0.490 e. The fourth-order valence-electron chi connectivity index (χ4n) is 1.31. The van der Waals surface area contributed by atoms with Gasteiger partial charge in [-0.3, -0.25) is 4.79 Å². The van der Waals surface area contributed by atoms with Gasteiger partial charge in [0.15, 0.2) is 0 Å². The van der Waals surface area contributed by atoms with Gasteiger partial charge in [0.25, 0.3) is 0 Å². The van der Waals surface area contributed by atoms with Crippen LogP contribution >= 0.6 is 11.6 Å². The Morgan fingerprint density at radius 2 is 2.18 bits per heavy atom. The molecule has 0 aromatic heterocycles. The molecule has 1 unspecified atom stereocenters. The Morgan fingerprint density at radius 1 is 1.53 bits per heavy atom. The van der Waals surface area contributed by atoms with Crippen LogP contribution in [-0.2, 0) is 4.79 Å². The van der Waals surface area contributed by atoms with E-state index < -0.39 is 6.04 Å². The number of likely N-dealkylation sites (N-methyl/N-ethyl adjacent to an activating group) is 1. The van der Waals surface area contributed by atoms with Gasteiger partial charge in [0.2, 0.25) is 5.91 Å². The number of hydrogen-bond donors (Lipinski definition) is 1. The molecule has 94 valence electrons. The highest BCUT2D eigenvalue weighted by Gasteiger charge is 2.12. The summed E-state index contributed by atoms with van der Waals surface area (Å²) in [6.07, 6.45) is 0. The summed E-state index contributed by atoms with van der Waals surface area (Å²) in [5, 5.41) is 0.564. The number of ether oxygens (including phenoxy) is 1.